The monoisotopic (exact) mass is 602 g/mol. The molecule has 13 heteroatoms. The Morgan fingerprint density at radius 1 is 1.13 bits per heavy atom. The van der Waals surface area contributed by atoms with Gasteiger partial charge in [-0.05, 0) is 60.0 Å². The van der Waals surface area contributed by atoms with Crippen molar-refractivity contribution < 1.29 is 36.1 Å². The maximum absolute atomic E-state index is 14.3. The second kappa shape index (κ2) is 11.1. The molecule has 0 radical (unpaired) electrons. The van der Waals surface area contributed by atoms with E-state index in [4.69, 9.17) is 32.8 Å². The fourth-order valence-electron chi connectivity index (χ4n) is 4.01. The third kappa shape index (κ3) is 5.90. The van der Waals surface area contributed by atoms with E-state index in [0.29, 0.717) is 11.3 Å². The van der Waals surface area contributed by atoms with Crippen LogP contribution >= 0.6 is 23.2 Å². The maximum atomic E-state index is 14.3. The number of hydrogen-bond acceptors (Lipinski definition) is 5. The van der Waals surface area contributed by atoms with Crippen molar-refractivity contribution in [2.24, 2.45) is 5.16 Å². The standard InChI is InChI=1S/C26H20Cl2F4N2O4S/c1-14-9-16(5-8-19(14)24(35)34-39(36)13-15-3-6-18(37-2)7-4-15)22-12-25(38-33-22,26(30,31)32)17-10-20(27)23(29)21(28)11-17/h3-11H,12-13H2,1-2H3,(H,34,35). The molecular weight excluding hydrogens is 583 g/mol. The number of aryl methyl sites for hydroxylation is 1. The SMILES string of the molecule is COc1ccc(CS(=O)NC(=O)c2ccc(C3=NOC(c4cc(Cl)c(F)c(Cl)c4)(C(F)(F)F)C3)cc2C)cc1. The van der Waals surface area contributed by atoms with Gasteiger partial charge in [0.25, 0.3) is 11.5 Å². The molecule has 2 atom stereocenters. The highest BCUT2D eigenvalue weighted by atomic mass is 35.5. The molecule has 0 spiro atoms. The molecule has 206 valence electrons. The van der Waals surface area contributed by atoms with Crippen molar-refractivity contribution in [1.82, 2.24) is 4.72 Å². The lowest BCUT2D eigenvalue weighted by Gasteiger charge is -2.29. The van der Waals surface area contributed by atoms with E-state index in [0.717, 1.165) is 17.7 Å². The van der Waals surface area contributed by atoms with Crippen LogP contribution < -0.4 is 9.46 Å². The van der Waals surface area contributed by atoms with Crippen LogP contribution in [0.5, 0.6) is 5.75 Å². The van der Waals surface area contributed by atoms with Crippen LogP contribution in [-0.4, -0.2) is 29.1 Å². The predicted octanol–water partition coefficient (Wildman–Crippen LogP) is 6.63. The number of carbonyl (C=O) groups excluding carboxylic acids is 1. The van der Waals surface area contributed by atoms with E-state index in [1.54, 1.807) is 31.2 Å². The number of oxime groups is 1. The summed E-state index contributed by atoms with van der Waals surface area (Å²) < 4.78 is 76.6. The molecule has 0 aliphatic carbocycles. The number of nitrogens with one attached hydrogen (secondary N) is 1. The Balaban J connectivity index is 1.51. The molecule has 4 rings (SSSR count). The third-order valence-electron chi connectivity index (χ3n) is 6.10. The molecule has 6 nitrogen and oxygen atoms in total. The molecule has 39 heavy (non-hydrogen) atoms. The van der Waals surface area contributed by atoms with Crippen molar-refractivity contribution in [2.45, 2.75) is 30.9 Å². The minimum Gasteiger partial charge on any atom is -0.497 e. The van der Waals surface area contributed by atoms with E-state index in [2.05, 4.69) is 9.88 Å². The Morgan fingerprint density at radius 3 is 2.33 bits per heavy atom. The fourth-order valence-corrected chi connectivity index (χ4v) is 5.38. The molecule has 1 heterocycles. The number of benzene rings is 3. The quantitative estimate of drug-likeness (QED) is 0.243. The number of alkyl halides is 3. The summed E-state index contributed by atoms with van der Waals surface area (Å²) in [6, 6.07) is 12.8. The molecule has 0 bridgehead atoms. The van der Waals surface area contributed by atoms with Crippen LogP contribution in [0.15, 0.2) is 59.8 Å². The largest absolute Gasteiger partial charge is 0.497 e. The van der Waals surface area contributed by atoms with Gasteiger partial charge in [0.2, 0.25) is 0 Å². The van der Waals surface area contributed by atoms with Crippen molar-refractivity contribution >= 4 is 45.8 Å². The molecule has 0 saturated carbocycles. The minimum atomic E-state index is -4.95. The number of hydrogen-bond donors (Lipinski definition) is 1. The summed E-state index contributed by atoms with van der Waals surface area (Å²) in [7, 11) is -0.205. The molecule has 1 N–H and O–H groups in total. The van der Waals surface area contributed by atoms with Crippen LogP contribution in [0.3, 0.4) is 0 Å². The Bertz CT molecular complexity index is 1460. The highest BCUT2D eigenvalue weighted by molar-refractivity contribution is 7.82. The molecule has 1 amide bonds. The van der Waals surface area contributed by atoms with Gasteiger partial charge in [-0.2, -0.15) is 13.2 Å². The van der Waals surface area contributed by atoms with Crippen LogP contribution in [0.2, 0.25) is 10.0 Å². The molecule has 1 aliphatic heterocycles. The van der Waals surface area contributed by atoms with Crippen molar-refractivity contribution in [3.63, 3.8) is 0 Å². The first kappa shape index (κ1) is 28.8. The summed E-state index contributed by atoms with van der Waals surface area (Å²) in [5, 5.41) is 2.49. The van der Waals surface area contributed by atoms with Gasteiger partial charge in [0.15, 0.2) is 5.82 Å². The first-order chi connectivity index (χ1) is 18.3. The minimum absolute atomic E-state index is 0.0537. The van der Waals surface area contributed by atoms with Crippen LogP contribution in [0.4, 0.5) is 17.6 Å². The number of methoxy groups -OCH3 is 1. The molecule has 2 unspecified atom stereocenters. The van der Waals surface area contributed by atoms with Crippen LogP contribution in [0.1, 0.15) is 39.0 Å². The summed E-state index contributed by atoms with van der Waals surface area (Å²) in [6.07, 6.45) is -5.70. The van der Waals surface area contributed by atoms with E-state index in [1.165, 1.54) is 25.3 Å². The summed E-state index contributed by atoms with van der Waals surface area (Å²) in [5.41, 5.74) is -1.91. The van der Waals surface area contributed by atoms with E-state index in [1.807, 2.05) is 0 Å². The summed E-state index contributed by atoms with van der Waals surface area (Å²) in [6.45, 7) is 1.58. The van der Waals surface area contributed by atoms with Gasteiger partial charge in [-0.3, -0.25) is 9.52 Å². The fraction of sp³-hybridized carbons (Fsp3) is 0.231. The van der Waals surface area contributed by atoms with E-state index >= 15 is 0 Å². The van der Waals surface area contributed by atoms with Crippen LogP contribution in [-0.2, 0) is 27.2 Å². The normalized spacial score (nSPS) is 17.8. The maximum Gasteiger partial charge on any atom is 0.435 e. The summed E-state index contributed by atoms with van der Waals surface area (Å²) in [5.74, 6) is -0.958. The molecule has 3 aromatic carbocycles. The Morgan fingerprint density at radius 2 is 1.77 bits per heavy atom. The zero-order valence-corrected chi connectivity index (χ0v) is 22.7. The average molecular weight is 603 g/mol. The van der Waals surface area contributed by atoms with Crippen molar-refractivity contribution in [1.29, 1.82) is 0 Å². The van der Waals surface area contributed by atoms with Crippen LogP contribution in [0.25, 0.3) is 0 Å². The first-order valence-corrected chi connectivity index (χ1v) is 13.3. The van der Waals surface area contributed by atoms with Gasteiger partial charge in [-0.1, -0.05) is 46.6 Å². The van der Waals surface area contributed by atoms with Gasteiger partial charge in [0.1, 0.15) is 16.7 Å². The van der Waals surface area contributed by atoms with E-state index in [-0.39, 0.29) is 22.6 Å². The average Bonchev–Trinajstić information content (AvgIpc) is 3.34. The zero-order valence-electron chi connectivity index (χ0n) is 20.4. The molecule has 3 aromatic rings. The number of amides is 1. The predicted molar refractivity (Wildman–Crippen MR) is 140 cm³/mol. The second-order valence-electron chi connectivity index (χ2n) is 8.68. The molecule has 1 aliphatic rings. The van der Waals surface area contributed by atoms with E-state index in [9.17, 15) is 26.6 Å². The van der Waals surface area contributed by atoms with Gasteiger partial charge < -0.3 is 9.57 Å². The number of rotatable bonds is 7. The van der Waals surface area contributed by atoms with E-state index < -0.39 is 56.5 Å². The highest BCUT2D eigenvalue weighted by Crippen LogP contribution is 2.50. The van der Waals surface area contributed by atoms with Crippen molar-refractivity contribution in [2.75, 3.05) is 7.11 Å². The lowest BCUT2D eigenvalue weighted by Crippen LogP contribution is -2.42. The van der Waals surface area contributed by atoms with Gasteiger partial charge in [-0.15, -0.1) is 0 Å². The molecule has 0 saturated heterocycles. The zero-order chi connectivity index (χ0) is 28.5. The van der Waals surface area contributed by atoms with Crippen LogP contribution in [0, 0.1) is 12.7 Å². The molecular formula is C26H20Cl2F4N2O4S. The molecule has 0 aromatic heterocycles. The molecule has 0 fully saturated rings. The summed E-state index contributed by atoms with van der Waals surface area (Å²) >= 11 is 11.5. The second-order valence-corrected chi connectivity index (χ2v) is 10.7. The topological polar surface area (TPSA) is 77.0 Å². The van der Waals surface area contributed by atoms with Gasteiger partial charge in [0, 0.05) is 17.5 Å². The van der Waals surface area contributed by atoms with Gasteiger partial charge in [0.05, 0.1) is 28.6 Å². The first-order valence-electron chi connectivity index (χ1n) is 11.2. The van der Waals surface area contributed by atoms with Crippen molar-refractivity contribution in [3.05, 3.63) is 98.3 Å². The number of ether oxygens (including phenoxy) is 1. The lowest BCUT2D eigenvalue weighted by molar-refractivity contribution is -0.275. The Hall–Kier alpha value is -3.15. The highest BCUT2D eigenvalue weighted by Gasteiger charge is 2.62. The Labute approximate surface area is 233 Å². The van der Waals surface area contributed by atoms with Gasteiger partial charge >= 0.3 is 6.18 Å². The van der Waals surface area contributed by atoms with Gasteiger partial charge in [-0.25, -0.2) is 8.60 Å². The summed E-state index contributed by atoms with van der Waals surface area (Å²) in [4.78, 5) is 17.7. The lowest BCUT2D eigenvalue weighted by atomic mass is 9.86. The number of carbonyl (C=O) groups is 1. The smallest absolute Gasteiger partial charge is 0.435 e. The Kier molecular flexibility index (Phi) is 8.25. The number of halogens is 6. The number of nitrogens with zero attached hydrogens (tertiary/aromatic N) is 1. The third-order valence-corrected chi connectivity index (χ3v) is 7.66. The van der Waals surface area contributed by atoms with Crippen molar-refractivity contribution in [3.8, 4) is 5.75 Å².